The first-order valence-corrected chi connectivity index (χ1v) is 5.81. The number of carboxylic acid groups (broad SMARTS) is 2. The molecule has 2 N–H and O–H groups in total. The molecule has 0 spiro atoms. The number of rotatable bonds is 4. The van der Waals surface area contributed by atoms with Gasteiger partial charge in [-0.1, -0.05) is 30.3 Å². The van der Waals surface area contributed by atoms with Gasteiger partial charge in [0.05, 0.1) is 12.0 Å². The Labute approximate surface area is 114 Å². The van der Waals surface area contributed by atoms with Crippen LogP contribution >= 0.6 is 0 Å². The summed E-state index contributed by atoms with van der Waals surface area (Å²) in [6.07, 6.45) is -0.0768. The highest BCUT2D eigenvalue weighted by molar-refractivity contribution is 5.88. The lowest BCUT2D eigenvalue weighted by Crippen LogP contribution is -2.00. The molecular weight excluding hydrogens is 263 g/mol. The normalized spacial score (nSPS) is 10.2. The van der Waals surface area contributed by atoms with Gasteiger partial charge in [0.15, 0.2) is 0 Å². The van der Waals surface area contributed by atoms with Crippen LogP contribution in [0, 0.1) is 5.82 Å². The number of hydrogen-bond acceptors (Lipinski definition) is 2. The predicted molar refractivity (Wildman–Crippen MR) is 70.1 cm³/mol. The van der Waals surface area contributed by atoms with Crippen LogP contribution in [-0.4, -0.2) is 22.2 Å². The van der Waals surface area contributed by atoms with Gasteiger partial charge in [-0.25, -0.2) is 9.18 Å². The first-order valence-electron chi connectivity index (χ1n) is 5.81. The highest BCUT2D eigenvalue weighted by atomic mass is 19.1. The van der Waals surface area contributed by atoms with Gasteiger partial charge in [-0.2, -0.15) is 0 Å². The van der Waals surface area contributed by atoms with Gasteiger partial charge < -0.3 is 10.2 Å². The van der Waals surface area contributed by atoms with Gasteiger partial charge in [-0.3, -0.25) is 4.79 Å². The Balaban J connectivity index is 2.30. The quantitative estimate of drug-likeness (QED) is 0.899. The maximum atomic E-state index is 13.6. The fourth-order valence-electron chi connectivity index (χ4n) is 1.86. The zero-order valence-electron chi connectivity index (χ0n) is 10.3. The summed E-state index contributed by atoms with van der Waals surface area (Å²) in [7, 11) is 0. The van der Waals surface area contributed by atoms with Crippen LogP contribution in [0.5, 0.6) is 0 Å². The first kappa shape index (κ1) is 13.7. The molecule has 0 saturated carbocycles. The first-order chi connectivity index (χ1) is 9.47. The Kier molecular flexibility index (Phi) is 3.79. The van der Waals surface area contributed by atoms with E-state index in [1.807, 2.05) is 0 Å². The molecule has 20 heavy (non-hydrogen) atoms. The van der Waals surface area contributed by atoms with Crippen molar-refractivity contribution in [1.29, 1.82) is 0 Å². The van der Waals surface area contributed by atoms with Crippen LogP contribution in [0.1, 0.15) is 15.9 Å². The van der Waals surface area contributed by atoms with Gasteiger partial charge in [0.25, 0.3) is 0 Å². The lowest BCUT2D eigenvalue weighted by molar-refractivity contribution is -0.136. The number of aliphatic carboxylic acids is 1. The van der Waals surface area contributed by atoms with Crippen molar-refractivity contribution in [3.8, 4) is 11.1 Å². The lowest BCUT2D eigenvalue weighted by atomic mass is 10.0. The van der Waals surface area contributed by atoms with Crippen molar-refractivity contribution in [3.63, 3.8) is 0 Å². The van der Waals surface area contributed by atoms with E-state index in [9.17, 15) is 14.0 Å². The zero-order valence-corrected chi connectivity index (χ0v) is 10.3. The van der Waals surface area contributed by atoms with Gasteiger partial charge in [0.1, 0.15) is 5.82 Å². The van der Waals surface area contributed by atoms with Crippen molar-refractivity contribution in [1.82, 2.24) is 0 Å². The third-order valence-corrected chi connectivity index (χ3v) is 2.84. The summed E-state index contributed by atoms with van der Waals surface area (Å²) < 4.78 is 13.6. The molecule has 0 saturated heterocycles. The third kappa shape index (κ3) is 3.00. The van der Waals surface area contributed by atoms with Gasteiger partial charge in [0.2, 0.25) is 0 Å². The molecule has 0 aromatic heterocycles. The van der Waals surface area contributed by atoms with E-state index < -0.39 is 17.8 Å². The highest BCUT2D eigenvalue weighted by Crippen LogP contribution is 2.22. The molecule has 0 aliphatic carbocycles. The van der Waals surface area contributed by atoms with E-state index >= 15 is 0 Å². The summed E-state index contributed by atoms with van der Waals surface area (Å²) in [5.74, 6) is -3.04. The van der Waals surface area contributed by atoms with E-state index in [0.29, 0.717) is 16.7 Å². The van der Waals surface area contributed by atoms with E-state index in [2.05, 4.69) is 0 Å². The van der Waals surface area contributed by atoms with Crippen molar-refractivity contribution < 1.29 is 24.2 Å². The summed E-state index contributed by atoms with van der Waals surface area (Å²) >= 11 is 0. The summed E-state index contributed by atoms with van der Waals surface area (Å²) in [4.78, 5) is 21.3. The van der Waals surface area contributed by atoms with Crippen molar-refractivity contribution >= 4 is 11.9 Å². The smallest absolute Gasteiger partial charge is 0.338 e. The SMILES string of the molecule is O=C(O)Cc1ccc(-c2ccc(C(=O)O)c(F)c2)cc1. The number of benzene rings is 2. The van der Waals surface area contributed by atoms with Crippen LogP contribution in [0.4, 0.5) is 4.39 Å². The van der Waals surface area contributed by atoms with Crippen LogP contribution in [0.15, 0.2) is 42.5 Å². The number of hydrogen-bond donors (Lipinski definition) is 2. The Bertz CT molecular complexity index is 662. The Morgan fingerprint density at radius 2 is 1.55 bits per heavy atom. The largest absolute Gasteiger partial charge is 0.481 e. The molecule has 2 rings (SSSR count). The fourth-order valence-corrected chi connectivity index (χ4v) is 1.86. The Hall–Kier alpha value is -2.69. The van der Waals surface area contributed by atoms with Crippen molar-refractivity contribution in [2.75, 3.05) is 0 Å². The monoisotopic (exact) mass is 274 g/mol. The van der Waals surface area contributed by atoms with E-state index in [0.717, 1.165) is 6.07 Å². The average molecular weight is 274 g/mol. The fraction of sp³-hybridized carbons (Fsp3) is 0.0667. The highest BCUT2D eigenvalue weighted by Gasteiger charge is 2.11. The minimum Gasteiger partial charge on any atom is -0.481 e. The summed E-state index contributed by atoms with van der Waals surface area (Å²) in [5, 5.41) is 17.4. The Morgan fingerprint density at radius 3 is 2.05 bits per heavy atom. The molecule has 0 atom stereocenters. The average Bonchev–Trinajstić information content (AvgIpc) is 2.38. The molecule has 0 radical (unpaired) electrons. The molecule has 0 aliphatic rings. The Morgan fingerprint density at radius 1 is 0.950 bits per heavy atom. The van der Waals surface area contributed by atoms with Crippen LogP contribution in [0.25, 0.3) is 11.1 Å². The van der Waals surface area contributed by atoms with Gasteiger partial charge >= 0.3 is 11.9 Å². The lowest BCUT2D eigenvalue weighted by Gasteiger charge is -2.05. The van der Waals surface area contributed by atoms with Crippen LogP contribution in [0.3, 0.4) is 0 Å². The number of aromatic carboxylic acids is 1. The molecule has 5 heteroatoms. The zero-order chi connectivity index (χ0) is 14.7. The van der Waals surface area contributed by atoms with Crippen molar-refractivity contribution in [2.24, 2.45) is 0 Å². The van der Waals surface area contributed by atoms with Gasteiger partial charge in [-0.15, -0.1) is 0 Å². The molecule has 0 heterocycles. The van der Waals surface area contributed by atoms with Crippen molar-refractivity contribution in [2.45, 2.75) is 6.42 Å². The van der Waals surface area contributed by atoms with Gasteiger partial charge in [0, 0.05) is 0 Å². The molecule has 4 nitrogen and oxygen atoms in total. The molecule has 0 unspecified atom stereocenters. The second-order valence-electron chi connectivity index (χ2n) is 4.27. The molecule has 102 valence electrons. The van der Waals surface area contributed by atoms with Crippen LogP contribution in [-0.2, 0) is 11.2 Å². The van der Waals surface area contributed by atoms with E-state index in [4.69, 9.17) is 10.2 Å². The van der Waals surface area contributed by atoms with E-state index in [1.165, 1.54) is 12.1 Å². The summed E-state index contributed by atoms with van der Waals surface area (Å²) in [6, 6.07) is 10.5. The molecule has 2 aromatic carbocycles. The number of carboxylic acids is 2. The molecule has 2 aromatic rings. The second-order valence-corrected chi connectivity index (χ2v) is 4.27. The van der Waals surface area contributed by atoms with E-state index in [1.54, 1.807) is 24.3 Å². The summed E-state index contributed by atoms with van der Waals surface area (Å²) in [6.45, 7) is 0. The van der Waals surface area contributed by atoms with Crippen molar-refractivity contribution in [3.05, 3.63) is 59.4 Å². The number of carbonyl (C=O) groups is 2. The topological polar surface area (TPSA) is 74.6 Å². The third-order valence-electron chi connectivity index (χ3n) is 2.84. The predicted octanol–water partition coefficient (Wildman–Crippen LogP) is 2.82. The minimum absolute atomic E-state index is 0.0768. The van der Waals surface area contributed by atoms with Crippen LogP contribution in [0.2, 0.25) is 0 Å². The maximum absolute atomic E-state index is 13.6. The van der Waals surface area contributed by atoms with Gasteiger partial charge in [-0.05, 0) is 28.8 Å². The number of halogens is 1. The maximum Gasteiger partial charge on any atom is 0.338 e. The van der Waals surface area contributed by atoms with E-state index in [-0.39, 0.29) is 12.0 Å². The molecule has 0 bridgehead atoms. The molecule has 0 aliphatic heterocycles. The molecule has 0 amide bonds. The summed E-state index contributed by atoms with van der Waals surface area (Å²) in [5.41, 5.74) is 1.49. The minimum atomic E-state index is -1.31. The molecular formula is C15H11FO4. The molecule has 0 fully saturated rings. The standard InChI is InChI=1S/C15H11FO4/c16-13-8-11(5-6-12(13)15(19)20)10-3-1-9(2-4-10)7-14(17)18/h1-6,8H,7H2,(H,17,18)(H,19,20). The van der Waals surface area contributed by atoms with Crippen LogP contribution < -0.4 is 0 Å². The second kappa shape index (κ2) is 5.52.